The Kier molecular flexibility index (Phi) is 23.9. The first-order valence-electron chi connectivity index (χ1n) is 43.2. The summed E-state index contributed by atoms with van der Waals surface area (Å²) < 4.78 is 38.4. The molecular weight excluding hydrogens is 1380 g/mol. The summed E-state index contributed by atoms with van der Waals surface area (Å²) in [7, 11) is 8.46. The predicted octanol–water partition coefficient (Wildman–Crippen LogP) is 27.0. The molecule has 0 spiro atoms. The van der Waals surface area contributed by atoms with E-state index in [1.54, 1.807) is 16.7 Å². The molecule has 113 heavy (non-hydrogen) atoms. The summed E-state index contributed by atoms with van der Waals surface area (Å²) in [6.45, 7) is 20.7. The summed E-state index contributed by atoms with van der Waals surface area (Å²) in [6, 6.07) is 59.7. The average molecular weight is 1500 g/mol. The Balaban J connectivity index is 0.000000119. The number of hydrogen-bond acceptors (Lipinski definition) is 0. The third kappa shape index (κ3) is 16.4. The van der Waals surface area contributed by atoms with Crippen LogP contribution in [0.1, 0.15) is 248 Å². The molecule has 9 aromatic carbocycles. The van der Waals surface area contributed by atoms with Crippen LogP contribution in [0.15, 0.2) is 183 Å². The minimum Gasteiger partial charge on any atom is -0.206 e. The molecule has 0 bridgehead atoms. The largest absolute Gasteiger partial charge is 0.223 e. The first kappa shape index (κ1) is 78.7. The lowest BCUT2D eigenvalue weighted by molar-refractivity contribution is -0.659. The fourth-order valence-corrected chi connectivity index (χ4v) is 20.6. The van der Waals surface area contributed by atoms with Crippen molar-refractivity contribution in [2.24, 2.45) is 28.2 Å². The van der Waals surface area contributed by atoms with Gasteiger partial charge in [0.05, 0.1) is 32.7 Å². The fourth-order valence-electron chi connectivity index (χ4n) is 20.6. The molecule has 0 radical (unpaired) electrons. The Bertz CT molecular complexity index is 5690. The minimum atomic E-state index is -0.0995. The van der Waals surface area contributed by atoms with E-state index in [0.717, 1.165) is 56.3 Å². The SMILES string of the molecule is Cc1cc(-c2c(C)cccc2C)ccc1-c1c2ccc(C3CCCCC3)cc2cc[n+]1C.Cc1cc(-c2c3ccc(C4CCCCC4)cc3cc[n+]2C)c(C)c(C)c1F.Cc1cc(C)c(F)c(-c2c3ccc(C4CCCCC4)cc3cc[n+]2C)c1C.Cc1cc2c(cc1-c1c3ccc(C4CCCCC4)cc3cc[n+]1C)CCC2. The van der Waals surface area contributed by atoms with Gasteiger partial charge in [0.25, 0.3) is 0 Å². The number of pyridine rings is 4. The summed E-state index contributed by atoms with van der Waals surface area (Å²) in [6.07, 6.45) is 39.6. The van der Waals surface area contributed by atoms with Crippen LogP contribution in [0.25, 0.3) is 99.2 Å². The van der Waals surface area contributed by atoms with Crippen molar-refractivity contribution in [3.8, 4) is 56.2 Å². The molecular formula is C107H122F2N4+4. The second-order valence-electron chi connectivity index (χ2n) is 35.0. The van der Waals surface area contributed by atoms with Gasteiger partial charge in [0, 0.05) is 35.4 Å². The van der Waals surface area contributed by atoms with Crippen molar-refractivity contribution in [2.75, 3.05) is 0 Å². The van der Waals surface area contributed by atoms with E-state index < -0.39 is 0 Å². The second-order valence-corrected chi connectivity index (χ2v) is 35.0. The zero-order valence-corrected chi connectivity index (χ0v) is 70.4. The number of aryl methyl sites for hydroxylation is 13. The molecule has 18 rings (SSSR count). The number of hydrogen-bond donors (Lipinski definition) is 0. The van der Waals surface area contributed by atoms with E-state index in [9.17, 15) is 4.39 Å². The second kappa shape index (κ2) is 34.3. The monoisotopic (exact) mass is 1500 g/mol. The van der Waals surface area contributed by atoms with Crippen molar-refractivity contribution in [2.45, 2.75) is 241 Å². The Morgan fingerprint density at radius 1 is 0.265 bits per heavy atom. The van der Waals surface area contributed by atoms with Crippen LogP contribution < -0.4 is 18.3 Å². The topological polar surface area (TPSA) is 15.5 Å². The lowest BCUT2D eigenvalue weighted by Gasteiger charge is -2.22. The van der Waals surface area contributed by atoms with Gasteiger partial charge in [-0.1, -0.05) is 168 Å². The lowest BCUT2D eigenvalue weighted by atomic mass is 9.83. The van der Waals surface area contributed by atoms with Gasteiger partial charge in [-0.05, 0) is 328 Å². The van der Waals surface area contributed by atoms with Crippen molar-refractivity contribution in [3.05, 3.63) is 283 Å². The quantitative estimate of drug-likeness (QED) is 0.128. The summed E-state index contributed by atoms with van der Waals surface area (Å²) in [5.41, 5.74) is 32.0. The smallest absolute Gasteiger partial charge is 0.206 e. The van der Waals surface area contributed by atoms with Gasteiger partial charge in [-0.3, -0.25) is 0 Å². The standard InChI is InChI=1S/C31H34N.C26H30N.2C25H29FN/c1-21-9-8-10-22(2)30(21)27-14-15-28(23(3)19-27)31-29-16-13-25(24-11-6-5-7-12-24)20-26(29)17-18-32(31)4;1-18-15-20-9-6-10-21(20)17-25(18)26-24-12-11-22(19-7-4-3-5-8-19)16-23(24)13-14-27(26)2;1-16-14-23(17(2)18(3)24(16)26)25-22-11-10-20(19-8-6-5-7-9-19)15-21(22)12-13-27(25)4;1-16-14-17(2)24(26)23(18(16)3)25-22-11-10-20(19-8-6-5-7-9-19)15-21(22)12-13-27(25)4/h8-10,13-20,24H,5-7,11-12H2,1-4H3;11-17,19H,3-10H2,1-2H3;2*10-15,19H,5-9H2,1-4H3/q4*+1. The number of benzene rings is 9. The first-order valence-corrected chi connectivity index (χ1v) is 43.2. The van der Waals surface area contributed by atoms with Crippen LogP contribution in [0.2, 0.25) is 0 Å². The molecule has 0 aliphatic heterocycles. The zero-order valence-electron chi connectivity index (χ0n) is 70.4. The van der Waals surface area contributed by atoms with Gasteiger partial charge in [-0.2, -0.15) is 0 Å². The minimum absolute atomic E-state index is 0.0845. The van der Waals surface area contributed by atoms with E-state index >= 15 is 4.39 Å². The van der Waals surface area contributed by atoms with E-state index in [4.69, 9.17) is 0 Å². The van der Waals surface area contributed by atoms with Crippen LogP contribution >= 0.6 is 0 Å². The van der Waals surface area contributed by atoms with Crippen LogP contribution in [0.5, 0.6) is 0 Å². The molecule has 6 heteroatoms. The number of aromatic nitrogens is 4. The third-order valence-corrected chi connectivity index (χ3v) is 27.4. The maximum absolute atomic E-state index is 15.2. The Morgan fingerprint density at radius 2 is 0.637 bits per heavy atom. The van der Waals surface area contributed by atoms with Gasteiger partial charge in [0.1, 0.15) is 39.8 Å². The summed E-state index contributed by atoms with van der Waals surface area (Å²) in [4.78, 5) is 0. The molecule has 4 fully saturated rings. The lowest BCUT2D eigenvalue weighted by Crippen LogP contribution is -2.31. The third-order valence-electron chi connectivity index (χ3n) is 27.4. The van der Waals surface area contributed by atoms with Crippen LogP contribution in [0, 0.1) is 80.9 Å². The molecule has 580 valence electrons. The molecule has 0 atom stereocenters. The van der Waals surface area contributed by atoms with Crippen molar-refractivity contribution in [1.82, 2.24) is 0 Å². The highest BCUT2D eigenvalue weighted by Crippen LogP contribution is 2.44. The highest BCUT2D eigenvalue weighted by Gasteiger charge is 2.29. The molecule has 5 aliphatic rings. The molecule has 4 aromatic heterocycles. The highest BCUT2D eigenvalue weighted by atomic mass is 19.1. The van der Waals surface area contributed by atoms with Gasteiger partial charge in [0.2, 0.25) is 22.8 Å². The van der Waals surface area contributed by atoms with Gasteiger partial charge < -0.3 is 0 Å². The molecule has 4 nitrogen and oxygen atoms in total. The normalized spacial score (nSPS) is 15.7. The van der Waals surface area contributed by atoms with Gasteiger partial charge in [0.15, 0.2) is 24.8 Å². The average Bonchev–Trinajstić information content (AvgIpc) is 1.42. The first-order chi connectivity index (χ1) is 54.7. The summed E-state index contributed by atoms with van der Waals surface area (Å²) in [5, 5.41) is 10.4. The maximum Gasteiger partial charge on any atom is 0.223 e. The van der Waals surface area contributed by atoms with E-state index in [2.05, 4.69) is 244 Å². The van der Waals surface area contributed by atoms with Crippen molar-refractivity contribution >= 4 is 43.1 Å². The van der Waals surface area contributed by atoms with E-state index in [1.807, 2.05) is 53.8 Å². The highest BCUT2D eigenvalue weighted by molar-refractivity contribution is 5.98. The number of fused-ring (bicyclic) bond motifs is 5. The van der Waals surface area contributed by atoms with Gasteiger partial charge in [-0.15, -0.1) is 0 Å². The van der Waals surface area contributed by atoms with Crippen LogP contribution in [-0.4, -0.2) is 0 Å². The molecule has 0 saturated heterocycles. The van der Waals surface area contributed by atoms with Gasteiger partial charge in [-0.25, -0.2) is 27.0 Å². The Morgan fingerprint density at radius 3 is 1.06 bits per heavy atom. The summed E-state index contributed by atoms with van der Waals surface area (Å²) >= 11 is 0. The Hall–Kier alpha value is -9.52. The van der Waals surface area contributed by atoms with Crippen LogP contribution in [0.4, 0.5) is 8.78 Å². The number of nitrogens with zero attached hydrogens (tertiary/aromatic N) is 4. The maximum atomic E-state index is 15.2. The fraction of sp³-hybridized carbons (Fsp3) is 0.383. The zero-order chi connectivity index (χ0) is 78.9. The number of halogens is 2. The van der Waals surface area contributed by atoms with Crippen molar-refractivity contribution in [1.29, 1.82) is 0 Å². The number of rotatable bonds is 9. The molecule has 5 aliphatic carbocycles. The molecule has 0 amide bonds. The van der Waals surface area contributed by atoms with Crippen LogP contribution in [-0.2, 0) is 41.0 Å². The predicted molar refractivity (Wildman–Crippen MR) is 470 cm³/mol. The molecule has 0 unspecified atom stereocenters. The van der Waals surface area contributed by atoms with Crippen molar-refractivity contribution < 1.29 is 27.0 Å². The Labute approximate surface area is 674 Å². The molecule has 4 saturated carbocycles. The summed E-state index contributed by atoms with van der Waals surface area (Å²) in [5.74, 6) is 2.71. The molecule has 4 heterocycles. The molecule has 0 N–H and O–H groups in total. The molecule has 13 aromatic rings. The van der Waals surface area contributed by atoms with E-state index in [1.165, 1.54) is 264 Å². The van der Waals surface area contributed by atoms with Crippen LogP contribution in [0.3, 0.4) is 0 Å². The van der Waals surface area contributed by atoms with E-state index in [0.29, 0.717) is 23.0 Å². The van der Waals surface area contributed by atoms with E-state index in [-0.39, 0.29) is 11.6 Å². The van der Waals surface area contributed by atoms with Crippen molar-refractivity contribution in [3.63, 3.8) is 0 Å². The van der Waals surface area contributed by atoms with Gasteiger partial charge >= 0.3 is 0 Å².